The Hall–Kier alpha value is -3.59. The fourth-order valence-corrected chi connectivity index (χ4v) is 4.74. The van der Waals surface area contributed by atoms with Crippen LogP contribution in [0.4, 0.5) is 10.5 Å². The van der Waals surface area contributed by atoms with E-state index in [1.807, 2.05) is 30.3 Å². The highest BCUT2D eigenvalue weighted by Crippen LogP contribution is 2.38. The summed E-state index contributed by atoms with van der Waals surface area (Å²) in [6, 6.07) is 13.0. The van der Waals surface area contributed by atoms with E-state index in [1.54, 1.807) is 12.1 Å². The van der Waals surface area contributed by atoms with E-state index in [2.05, 4.69) is 15.2 Å². The molecule has 3 aromatic rings. The molecule has 1 atom stereocenters. The Bertz CT molecular complexity index is 1250. The van der Waals surface area contributed by atoms with Gasteiger partial charge in [0.15, 0.2) is 5.58 Å². The largest absolute Gasteiger partial charge is 0.465 e. The number of oxazole rings is 1. The van der Waals surface area contributed by atoms with Gasteiger partial charge in [-0.25, -0.2) is 9.78 Å². The molecule has 0 radical (unpaired) electrons. The minimum Gasteiger partial charge on any atom is -0.465 e. The molecule has 2 aliphatic rings. The summed E-state index contributed by atoms with van der Waals surface area (Å²) in [6.07, 6.45) is 3.37. The predicted molar refractivity (Wildman–Crippen MR) is 120 cm³/mol. The lowest BCUT2D eigenvalue weighted by Crippen LogP contribution is -2.23. The summed E-state index contributed by atoms with van der Waals surface area (Å²) < 4.78 is 11.0. The summed E-state index contributed by atoms with van der Waals surface area (Å²) in [5, 5.41) is 1.78. The third-order valence-electron chi connectivity index (χ3n) is 5.55. The predicted octanol–water partition coefficient (Wildman–Crippen LogP) is 4.28. The van der Waals surface area contributed by atoms with Crippen molar-refractivity contribution in [1.29, 1.82) is 0 Å². The van der Waals surface area contributed by atoms with Gasteiger partial charge in [0.25, 0.3) is 11.1 Å². The van der Waals surface area contributed by atoms with Crippen molar-refractivity contribution in [2.45, 2.75) is 18.9 Å². The number of methoxy groups -OCH3 is 1. The fourth-order valence-electron chi connectivity index (χ4n) is 4.06. The van der Waals surface area contributed by atoms with Crippen LogP contribution in [0, 0.1) is 0 Å². The van der Waals surface area contributed by atoms with Crippen LogP contribution in [-0.2, 0) is 9.53 Å². The molecule has 32 heavy (non-hydrogen) atoms. The molecule has 8 nitrogen and oxygen atoms in total. The molecule has 2 amide bonds. The number of aromatic nitrogens is 1. The molecule has 2 aliphatic heterocycles. The lowest BCUT2D eigenvalue weighted by atomic mass is 10.0. The summed E-state index contributed by atoms with van der Waals surface area (Å²) >= 11 is 0.804. The molecule has 2 fully saturated rings. The maximum absolute atomic E-state index is 12.5. The molecule has 2 saturated heterocycles. The second-order valence-corrected chi connectivity index (χ2v) is 8.50. The number of ether oxygens (including phenoxy) is 1. The molecule has 2 aromatic carbocycles. The van der Waals surface area contributed by atoms with E-state index in [0.717, 1.165) is 47.9 Å². The summed E-state index contributed by atoms with van der Waals surface area (Å²) in [5.74, 6) is -0.353. The first-order chi connectivity index (χ1) is 15.5. The first kappa shape index (κ1) is 20.3. The maximum atomic E-state index is 12.5. The number of carbonyl (C=O) groups is 3. The summed E-state index contributed by atoms with van der Waals surface area (Å²) in [5.41, 5.74) is 3.21. The molecule has 3 heterocycles. The van der Waals surface area contributed by atoms with Gasteiger partial charge in [-0.15, -0.1) is 0 Å². The number of nitrogens with one attached hydrogen (secondary N) is 1. The van der Waals surface area contributed by atoms with Gasteiger partial charge >= 0.3 is 5.97 Å². The number of hydrogen-bond donors (Lipinski definition) is 1. The summed E-state index contributed by atoms with van der Waals surface area (Å²) in [6.45, 7) is 0.789. The molecular weight excluding hydrogens is 430 g/mol. The number of hydrogen-bond acceptors (Lipinski definition) is 8. The highest BCUT2D eigenvalue weighted by Gasteiger charge is 2.31. The lowest BCUT2D eigenvalue weighted by molar-refractivity contribution is -0.115. The van der Waals surface area contributed by atoms with Crippen molar-refractivity contribution in [1.82, 2.24) is 10.3 Å². The Morgan fingerprint density at radius 1 is 1.28 bits per heavy atom. The Labute approximate surface area is 187 Å². The zero-order chi connectivity index (χ0) is 22.2. The normalized spacial score (nSPS) is 19.7. The highest BCUT2D eigenvalue weighted by atomic mass is 32.2. The van der Waals surface area contributed by atoms with Crippen LogP contribution in [0.2, 0.25) is 0 Å². The molecule has 0 aliphatic carbocycles. The van der Waals surface area contributed by atoms with Crippen LogP contribution in [0.3, 0.4) is 0 Å². The van der Waals surface area contributed by atoms with Gasteiger partial charge < -0.3 is 14.1 Å². The number of anilines is 1. The Kier molecular flexibility index (Phi) is 5.18. The first-order valence-electron chi connectivity index (χ1n) is 10.1. The smallest absolute Gasteiger partial charge is 0.338 e. The van der Waals surface area contributed by atoms with Gasteiger partial charge in [0.2, 0.25) is 5.89 Å². The molecule has 0 bridgehead atoms. The van der Waals surface area contributed by atoms with Crippen LogP contribution < -0.4 is 10.2 Å². The third kappa shape index (κ3) is 3.64. The zero-order valence-corrected chi connectivity index (χ0v) is 18.0. The minimum absolute atomic E-state index is 0.0501. The van der Waals surface area contributed by atoms with Gasteiger partial charge in [-0.2, -0.15) is 0 Å². The monoisotopic (exact) mass is 449 g/mol. The average Bonchev–Trinajstić information content (AvgIpc) is 3.51. The van der Waals surface area contributed by atoms with E-state index in [0.29, 0.717) is 17.0 Å². The summed E-state index contributed by atoms with van der Waals surface area (Å²) in [4.78, 5) is 43.0. The highest BCUT2D eigenvalue weighted by molar-refractivity contribution is 8.18. The van der Waals surface area contributed by atoms with Crippen molar-refractivity contribution in [3.05, 3.63) is 64.4 Å². The first-order valence-corrected chi connectivity index (χ1v) is 10.9. The molecule has 1 N–H and O–H groups in total. The number of carbonyl (C=O) groups excluding carboxylic acids is 3. The van der Waals surface area contributed by atoms with Crippen molar-refractivity contribution in [2.75, 3.05) is 18.6 Å². The SMILES string of the molecule is COC(=O)c1cc(N2CCC[C@@H]2c2nc3ccccc3o2)ccc1C=C1SC(=O)NC1=O. The number of para-hydroxylation sites is 2. The molecule has 1 aromatic heterocycles. The van der Waals surface area contributed by atoms with E-state index < -0.39 is 17.1 Å². The van der Waals surface area contributed by atoms with Gasteiger partial charge in [-0.1, -0.05) is 18.2 Å². The summed E-state index contributed by atoms with van der Waals surface area (Å²) in [7, 11) is 1.31. The number of esters is 1. The molecule has 5 rings (SSSR count). The number of imide groups is 1. The molecule has 0 saturated carbocycles. The van der Waals surface area contributed by atoms with Crippen LogP contribution in [0.15, 0.2) is 51.8 Å². The van der Waals surface area contributed by atoms with Gasteiger partial charge in [0.1, 0.15) is 11.6 Å². The molecule has 9 heteroatoms. The number of fused-ring (bicyclic) bond motifs is 1. The van der Waals surface area contributed by atoms with Crippen molar-refractivity contribution in [3.8, 4) is 0 Å². The van der Waals surface area contributed by atoms with E-state index in [9.17, 15) is 14.4 Å². The molecule has 0 spiro atoms. The second-order valence-electron chi connectivity index (χ2n) is 7.49. The number of benzene rings is 2. The van der Waals surface area contributed by atoms with E-state index in [1.165, 1.54) is 13.2 Å². The lowest BCUT2D eigenvalue weighted by Gasteiger charge is -2.25. The maximum Gasteiger partial charge on any atom is 0.338 e. The van der Waals surface area contributed by atoms with Crippen LogP contribution in [-0.4, -0.2) is 35.8 Å². The standard InChI is InChI=1S/C23H19N3O5S/c1-30-22(28)15-12-14(9-8-13(15)11-19-20(27)25-23(29)32-19)26-10-4-6-17(26)21-24-16-5-2-3-7-18(16)31-21/h2-3,5,7-9,11-12,17H,4,6,10H2,1H3,(H,25,27,29)/t17-/m1/s1. The topological polar surface area (TPSA) is 102 Å². The van der Waals surface area contributed by atoms with Crippen molar-refractivity contribution >= 4 is 51.7 Å². The van der Waals surface area contributed by atoms with Gasteiger partial charge in [0.05, 0.1) is 17.6 Å². The second kappa shape index (κ2) is 8.16. The quantitative estimate of drug-likeness (QED) is 0.465. The fraction of sp³-hybridized carbons (Fsp3) is 0.217. The van der Waals surface area contributed by atoms with Crippen LogP contribution in [0.5, 0.6) is 0 Å². The Morgan fingerprint density at radius 2 is 2.12 bits per heavy atom. The van der Waals surface area contributed by atoms with Crippen LogP contribution in [0.25, 0.3) is 17.2 Å². The number of amides is 2. The molecule has 0 unspecified atom stereocenters. The Morgan fingerprint density at radius 3 is 2.88 bits per heavy atom. The van der Waals surface area contributed by atoms with Gasteiger partial charge in [-0.3, -0.25) is 14.9 Å². The Balaban J connectivity index is 1.51. The molecule has 162 valence electrons. The molecular formula is C23H19N3O5S. The van der Waals surface area contributed by atoms with Crippen LogP contribution >= 0.6 is 11.8 Å². The van der Waals surface area contributed by atoms with E-state index in [4.69, 9.17) is 9.15 Å². The van der Waals surface area contributed by atoms with Crippen LogP contribution in [0.1, 0.15) is 40.7 Å². The third-order valence-corrected chi connectivity index (χ3v) is 6.36. The van der Waals surface area contributed by atoms with Crippen molar-refractivity contribution < 1.29 is 23.5 Å². The van der Waals surface area contributed by atoms with E-state index in [-0.39, 0.29) is 10.9 Å². The van der Waals surface area contributed by atoms with Crippen molar-refractivity contribution in [3.63, 3.8) is 0 Å². The number of thioether (sulfide) groups is 1. The number of rotatable bonds is 4. The zero-order valence-electron chi connectivity index (χ0n) is 17.2. The van der Waals surface area contributed by atoms with Gasteiger partial charge in [-0.05, 0) is 60.5 Å². The average molecular weight is 449 g/mol. The minimum atomic E-state index is -0.522. The number of nitrogens with zero attached hydrogens (tertiary/aromatic N) is 2. The van der Waals surface area contributed by atoms with E-state index >= 15 is 0 Å². The van der Waals surface area contributed by atoms with Gasteiger partial charge in [0, 0.05) is 12.2 Å². The van der Waals surface area contributed by atoms with Crippen molar-refractivity contribution in [2.24, 2.45) is 0 Å².